The average molecular weight is 190 g/mol. The third-order valence-corrected chi connectivity index (χ3v) is 4.30. The number of rotatable bonds is 2. The first kappa shape index (κ1) is 8.47. The Balaban J connectivity index is 2.11. The second-order valence-electron chi connectivity index (χ2n) is 3.86. The maximum atomic E-state index is 11.2. The summed E-state index contributed by atoms with van der Waals surface area (Å²) in [6.07, 6.45) is 2.41. The van der Waals surface area contributed by atoms with E-state index in [1.54, 1.807) is 4.31 Å². The Morgan fingerprint density at radius 3 is 2.58 bits per heavy atom. The quantitative estimate of drug-likeness (QED) is 0.622. The smallest absolute Gasteiger partial charge is 0.211 e. The van der Waals surface area contributed by atoms with Gasteiger partial charge >= 0.3 is 0 Å². The lowest BCUT2D eigenvalue weighted by Crippen LogP contribution is -2.38. The number of hydrogen-bond acceptors (Lipinski definition) is 3. The molecule has 2 rings (SSSR count). The highest BCUT2D eigenvalue weighted by Crippen LogP contribution is 2.49. The van der Waals surface area contributed by atoms with E-state index >= 15 is 0 Å². The standard InChI is InChI=1S/C7H14N2O2S/c1-8-7-3-6(7)4-9(5-7)12(2,10)11/h6,8H,3-5H2,1-2H3. The van der Waals surface area contributed by atoms with E-state index in [1.165, 1.54) is 6.26 Å². The molecule has 2 fully saturated rings. The summed E-state index contributed by atoms with van der Waals surface area (Å²) in [6.45, 7) is 1.37. The SMILES string of the molecule is CNC12CC1CN(S(C)(=O)=O)C2. The molecule has 0 spiro atoms. The molecule has 1 saturated heterocycles. The van der Waals surface area contributed by atoms with Gasteiger partial charge in [0, 0.05) is 18.6 Å². The minimum atomic E-state index is -2.96. The molecular formula is C7H14N2O2S. The molecule has 0 amide bonds. The first-order valence-electron chi connectivity index (χ1n) is 4.12. The molecule has 1 N–H and O–H groups in total. The zero-order valence-electron chi connectivity index (χ0n) is 7.37. The number of nitrogens with one attached hydrogen (secondary N) is 1. The van der Waals surface area contributed by atoms with Crippen LogP contribution in [0.3, 0.4) is 0 Å². The summed E-state index contributed by atoms with van der Waals surface area (Å²) in [5.74, 6) is 0.553. The van der Waals surface area contributed by atoms with Crippen LogP contribution in [-0.4, -0.2) is 44.7 Å². The first-order valence-corrected chi connectivity index (χ1v) is 5.97. The van der Waals surface area contributed by atoms with Crippen LogP contribution in [0.25, 0.3) is 0 Å². The van der Waals surface area contributed by atoms with Gasteiger partial charge in [0.2, 0.25) is 10.0 Å². The highest BCUT2D eigenvalue weighted by Gasteiger charge is 2.60. The summed E-state index contributed by atoms with van der Waals surface area (Å²) in [7, 11) is -1.05. The fourth-order valence-corrected chi connectivity index (χ4v) is 2.99. The highest BCUT2D eigenvalue weighted by atomic mass is 32.2. The van der Waals surface area contributed by atoms with Crippen LogP contribution in [0.4, 0.5) is 0 Å². The molecular weight excluding hydrogens is 176 g/mol. The van der Waals surface area contributed by atoms with Gasteiger partial charge in [0.05, 0.1) is 6.26 Å². The van der Waals surface area contributed by atoms with Crippen molar-refractivity contribution in [3.63, 3.8) is 0 Å². The van der Waals surface area contributed by atoms with Gasteiger partial charge in [-0.2, -0.15) is 4.31 Å². The lowest BCUT2D eigenvalue weighted by atomic mass is 10.2. The molecule has 4 nitrogen and oxygen atoms in total. The summed E-state index contributed by atoms with van der Waals surface area (Å²) in [5.41, 5.74) is 0.128. The molecule has 12 heavy (non-hydrogen) atoms. The van der Waals surface area contributed by atoms with Crippen molar-refractivity contribution in [3.8, 4) is 0 Å². The van der Waals surface area contributed by atoms with Crippen LogP contribution in [0.2, 0.25) is 0 Å². The van der Waals surface area contributed by atoms with Gasteiger partial charge in [-0.1, -0.05) is 0 Å². The predicted molar refractivity (Wildman–Crippen MR) is 46.3 cm³/mol. The monoisotopic (exact) mass is 190 g/mol. The second kappa shape index (κ2) is 2.21. The van der Waals surface area contributed by atoms with Gasteiger partial charge in [0.1, 0.15) is 0 Å². The average Bonchev–Trinajstić information content (AvgIpc) is 2.53. The molecule has 2 unspecified atom stereocenters. The molecule has 2 atom stereocenters. The van der Waals surface area contributed by atoms with Crippen LogP contribution >= 0.6 is 0 Å². The van der Waals surface area contributed by atoms with Gasteiger partial charge in [-0.25, -0.2) is 8.42 Å². The lowest BCUT2D eigenvalue weighted by molar-refractivity contribution is 0.421. The van der Waals surface area contributed by atoms with E-state index in [0.717, 1.165) is 6.42 Å². The van der Waals surface area contributed by atoms with E-state index in [2.05, 4.69) is 5.32 Å². The Labute approximate surface area is 73.0 Å². The van der Waals surface area contributed by atoms with Gasteiger partial charge in [-0.15, -0.1) is 0 Å². The number of nitrogens with zero attached hydrogens (tertiary/aromatic N) is 1. The number of hydrogen-bond donors (Lipinski definition) is 1. The Morgan fingerprint density at radius 2 is 2.25 bits per heavy atom. The molecule has 1 aliphatic carbocycles. The maximum absolute atomic E-state index is 11.2. The van der Waals surface area contributed by atoms with Crippen LogP contribution in [0.1, 0.15) is 6.42 Å². The minimum absolute atomic E-state index is 0.128. The summed E-state index contributed by atoms with van der Waals surface area (Å²) in [5, 5.41) is 3.21. The molecule has 5 heteroatoms. The van der Waals surface area contributed by atoms with Crippen molar-refractivity contribution in [1.29, 1.82) is 0 Å². The third-order valence-electron chi connectivity index (χ3n) is 3.08. The van der Waals surface area contributed by atoms with Crippen molar-refractivity contribution in [2.45, 2.75) is 12.0 Å². The van der Waals surface area contributed by atoms with Gasteiger partial charge in [0.25, 0.3) is 0 Å². The van der Waals surface area contributed by atoms with E-state index in [1.807, 2.05) is 7.05 Å². The molecule has 1 heterocycles. The van der Waals surface area contributed by atoms with Crippen LogP contribution in [0.5, 0.6) is 0 Å². The third kappa shape index (κ3) is 1.08. The summed E-state index contributed by atoms with van der Waals surface area (Å²) in [6, 6.07) is 0. The van der Waals surface area contributed by atoms with E-state index in [9.17, 15) is 8.42 Å². The Morgan fingerprint density at radius 1 is 1.58 bits per heavy atom. The Bertz CT molecular complexity index is 297. The van der Waals surface area contributed by atoms with Crippen molar-refractivity contribution in [2.75, 3.05) is 26.4 Å². The first-order chi connectivity index (χ1) is 5.48. The number of fused-ring (bicyclic) bond motifs is 1. The van der Waals surface area contributed by atoms with Crippen LogP contribution in [-0.2, 0) is 10.0 Å². The largest absolute Gasteiger partial charge is 0.313 e. The Kier molecular flexibility index (Phi) is 1.56. The predicted octanol–water partition coefficient (Wildman–Crippen LogP) is -0.760. The number of sulfonamides is 1. The summed E-state index contributed by atoms with van der Waals surface area (Å²) in [4.78, 5) is 0. The molecule has 1 aliphatic heterocycles. The maximum Gasteiger partial charge on any atom is 0.211 e. The molecule has 0 bridgehead atoms. The fraction of sp³-hybridized carbons (Fsp3) is 1.00. The zero-order chi connectivity index (χ0) is 8.98. The van der Waals surface area contributed by atoms with E-state index in [4.69, 9.17) is 0 Å². The van der Waals surface area contributed by atoms with E-state index in [-0.39, 0.29) is 5.54 Å². The van der Waals surface area contributed by atoms with Crippen molar-refractivity contribution in [2.24, 2.45) is 5.92 Å². The van der Waals surface area contributed by atoms with E-state index in [0.29, 0.717) is 19.0 Å². The van der Waals surface area contributed by atoms with Crippen LogP contribution < -0.4 is 5.32 Å². The molecule has 1 saturated carbocycles. The summed E-state index contributed by atoms with van der Waals surface area (Å²) < 4.78 is 23.9. The second-order valence-corrected chi connectivity index (χ2v) is 5.85. The van der Waals surface area contributed by atoms with Crippen molar-refractivity contribution in [1.82, 2.24) is 9.62 Å². The lowest BCUT2D eigenvalue weighted by Gasteiger charge is -2.17. The van der Waals surface area contributed by atoms with E-state index < -0.39 is 10.0 Å². The van der Waals surface area contributed by atoms with Crippen molar-refractivity contribution in [3.05, 3.63) is 0 Å². The number of likely N-dealkylation sites (N-methyl/N-ethyl adjacent to an activating group) is 1. The zero-order valence-corrected chi connectivity index (χ0v) is 8.19. The van der Waals surface area contributed by atoms with Gasteiger partial charge < -0.3 is 5.32 Å². The van der Waals surface area contributed by atoms with Crippen molar-refractivity contribution >= 4 is 10.0 Å². The minimum Gasteiger partial charge on any atom is -0.313 e. The van der Waals surface area contributed by atoms with Gasteiger partial charge in [0.15, 0.2) is 0 Å². The molecule has 0 radical (unpaired) electrons. The fourth-order valence-electron chi connectivity index (χ4n) is 2.08. The van der Waals surface area contributed by atoms with Crippen LogP contribution in [0.15, 0.2) is 0 Å². The molecule has 0 aromatic heterocycles. The molecule has 0 aromatic rings. The number of piperidine rings is 1. The molecule has 2 aliphatic rings. The van der Waals surface area contributed by atoms with Gasteiger partial charge in [-0.05, 0) is 19.4 Å². The van der Waals surface area contributed by atoms with Crippen molar-refractivity contribution < 1.29 is 8.42 Å². The normalized spacial score (nSPS) is 41.3. The molecule has 0 aromatic carbocycles. The highest BCUT2D eigenvalue weighted by molar-refractivity contribution is 7.88. The molecule has 70 valence electrons. The van der Waals surface area contributed by atoms with Gasteiger partial charge in [-0.3, -0.25) is 0 Å². The summed E-state index contributed by atoms with van der Waals surface area (Å²) >= 11 is 0. The topological polar surface area (TPSA) is 49.4 Å². The Hall–Kier alpha value is -0.130. The van der Waals surface area contributed by atoms with Crippen LogP contribution in [0, 0.1) is 5.92 Å².